The zero-order chi connectivity index (χ0) is 19.3. The summed E-state index contributed by atoms with van der Waals surface area (Å²) in [4.78, 5) is 4.43. The highest BCUT2D eigenvalue weighted by molar-refractivity contribution is 5.96. The molecule has 0 unspecified atom stereocenters. The molecular weight excluding hydrogens is 352 g/mol. The van der Waals surface area contributed by atoms with Crippen LogP contribution in [0.1, 0.15) is 6.42 Å². The van der Waals surface area contributed by atoms with Crippen LogP contribution in [0.4, 0.5) is 5.82 Å². The lowest BCUT2D eigenvalue weighted by molar-refractivity contribution is 0.0256. The number of hydrogen-bond donors (Lipinski definition) is 3. The fourth-order valence-corrected chi connectivity index (χ4v) is 4.04. The first-order chi connectivity index (χ1) is 13.6. The van der Waals surface area contributed by atoms with Crippen LogP contribution in [0, 0.1) is 12.8 Å². The maximum absolute atomic E-state index is 10.3. The Labute approximate surface area is 162 Å². The molecule has 141 valence electrons. The zero-order valence-corrected chi connectivity index (χ0v) is 15.2. The number of nitrogens with one attached hydrogen (secondary N) is 1. The van der Waals surface area contributed by atoms with Crippen LogP contribution in [0.5, 0.6) is 0 Å². The maximum atomic E-state index is 10.3. The van der Waals surface area contributed by atoms with Gasteiger partial charge in [0.2, 0.25) is 0 Å². The van der Waals surface area contributed by atoms with Crippen LogP contribution in [0.15, 0.2) is 60.8 Å². The molecule has 2 aromatic carbocycles. The van der Waals surface area contributed by atoms with Crippen molar-refractivity contribution in [1.29, 1.82) is 0 Å². The van der Waals surface area contributed by atoms with Gasteiger partial charge in [-0.1, -0.05) is 42.5 Å². The van der Waals surface area contributed by atoms with Crippen LogP contribution < -0.4 is 5.32 Å². The van der Waals surface area contributed by atoms with Crippen molar-refractivity contribution in [3.63, 3.8) is 0 Å². The largest absolute Gasteiger partial charge is 0.390 e. The topological polar surface area (TPSA) is 82.7 Å². The monoisotopic (exact) mass is 373 g/mol. The minimum Gasteiger partial charge on any atom is -0.390 e. The lowest BCUT2D eigenvalue weighted by atomic mass is 10.0. The second kappa shape index (κ2) is 6.58. The number of nitrogens with zero attached hydrogens (tertiary/aromatic N) is 3. The third kappa shape index (κ3) is 2.73. The number of aliphatic hydroxyl groups excluding tert-OH is 2. The highest BCUT2D eigenvalue weighted by atomic mass is 16.3. The summed E-state index contributed by atoms with van der Waals surface area (Å²) in [5.74, 6) is 0.524. The van der Waals surface area contributed by atoms with E-state index in [1.165, 1.54) is 0 Å². The predicted octanol–water partition coefficient (Wildman–Crippen LogP) is 2.91. The first kappa shape index (κ1) is 17.2. The first-order valence-corrected chi connectivity index (χ1v) is 9.40. The fraction of sp³-hybridized carbons (Fsp3) is 0.227. The Bertz CT molecular complexity index is 1150. The molecule has 0 bridgehead atoms. The lowest BCUT2D eigenvalue weighted by Gasteiger charge is -2.19. The molecule has 6 heteroatoms. The minimum atomic E-state index is -0.862. The number of anilines is 1. The number of benzene rings is 2. The average molecular weight is 373 g/mol. The molecule has 2 heterocycles. The van der Waals surface area contributed by atoms with Crippen LogP contribution in [0.2, 0.25) is 0 Å². The Balaban J connectivity index is 1.56. The third-order valence-corrected chi connectivity index (χ3v) is 5.56. The summed E-state index contributed by atoms with van der Waals surface area (Å²) in [5.41, 5.74) is 2.59. The summed E-state index contributed by atoms with van der Waals surface area (Å²) in [7, 11) is 0. The normalized spacial score (nSPS) is 24.8. The van der Waals surface area contributed by atoms with Crippen LogP contribution in [-0.2, 0) is 0 Å². The van der Waals surface area contributed by atoms with E-state index in [4.69, 9.17) is 5.10 Å². The van der Waals surface area contributed by atoms with Crippen molar-refractivity contribution in [3.05, 3.63) is 67.7 Å². The number of rotatable bonds is 3. The van der Waals surface area contributed by atoms with E-state index >= 15 is 0 Å². The van der Waals surface area contributed by atoms with Gasteiger partial charge in [0.15, 0.2) is 5.65 Å². The summed E-state index contributed by atoms with van der Waals surface area (Å²) in [6, 6.07) is 17.9. The summed E-state index contributed by atoms with van der Waals surface area (Å²) >= 11 is 0. The van der Waals surface area contributed by atoms with Crippen molar-refractivity contribution in [1.82, 2.24) is 14.6 Å². The van der Waals surface area contributed by atoms with Crippen LogP contribution in [0.3, 0.4) is 0 Å². The van der Waals surface area contributed by atoms with E-state index in [0.29, 0.717) is 12.1 Å². The Morgan fingerprint density at radius 1 is 1.04 bits per heavy atom. The molecule has 2 aromatic heterocycles. The number of fused-ring (bicyclic) bond motifs is 2. The van der Waals surface area contributed by atoms with E-state index in [1.54, 1.807) is 10.7 Å². The molecule has 1 radical (unpaired) electrons. The molecule has 3 N–H and O–H groups in total. The molecule has 0 saturated heterocycles. The highest BCUT2D eigenvalue weighted by Gasteiger charge is 2.39. The van der Waals surface area contributed by atoms with Crippen molar-refractivity contribution in [3.8, 4) is 11.3 Å². The van der Waals surface area contributed by atoms with Crippen molar-refractivity contribution < 1.29 is 10.2 Å². The van der Waals surface area contributed by atoms with E-state index in [1.807, 2.05) is 30.3 Å². The Morgan fingerprint density at radius 2 is 1.86 bits per heavy atom. The van der Waals surface area contributed by atoms with Gasteiger partial charge < -0.3 is 15.5 Å². The maximum Gasteiger partial charge on any atom is 0.157 e. The van der Waals surface area contributed by atoms with Crippen LogP contribution in [-0.4, -0.2) is 43.1 Å². The summed E-state index contributed by atoms with van der Waals surface area (Å²) in [6.45, 7) is 3.91. The number of hydrogen-bond acceptors (Lipinski definition) is 5. The molecular formula is C22H21N4O2. The summed E-state index contributed by atoms with van der Waals surface area (Å²) in [5, 5.41) is 30.6. The Morgan fingerprint density at radius 3 is 2.68 bits per heavy atom. The van der Waals surface area contributed by atoms with Crippen molar-refractivity contribution in [2.24, 2.45) is 5.92 Å². The number of aliphatic hydroxyl groups is 2. The SMILES string of the molecule is [CH2][C@@H]1C[C@@H](Nc2ccnc3cc(-c4cccc5ccccc45)nn23)[C@H](O)[C@@H]1O. The van der Waals surface area contributed by atoms with E-state index in [-0.39, 0.29) is 12.0 Å². The molecule has 0 aliphatic heterocycles. The standard InChI is InChI=1S/C22H21N4O2/c1-13-11-18(22(28)21(13)27)24-19-9-10-23-20-12-17(25-26(19)20)16-8-4-6-14-5-2-3-7-15(14)16/h2-10,12-13,18,21-22,24,27-28H,1,11H2/t13-,18-,21-,22+/m1/s1. The molecule has 1 fully saturated rings. The first-order valence-electron chi connectivity index (χ1n) is 9.40. The van der Waals surface area contributed by atoms with E-state index in [0.717, 1.165) is 27.8 Å². The number of aromatic nitrogens is 3. The molecule has 1 saturated carbocycles. The van der Waals surface area contributed by atoms with Gasteiger partial charge in [-0.15, -0.1) is 0 Å². The van der Waals surface area contributed by atoms with Gasteiger partial charge >= 0.3 is 0 Å². The van der Waals surface area contributed by atoms with E-state index in [9.17, 15) is 10.2 Å². The van der Waals surface area contributed by atoms with Crippen LogP contribution in [0.25, 0.3) is 27.7 Å². The van der Waals surface area contributed by atoms with Gasteiger partial charge in [-0.3, -0.25) is 0 Å². The van der Waals surface area contributed by atoms with Gasteiger partial charge in [0.25, 0.3) is 0 Å². The Kier molecular flexibility index (Phi) is 4.03. The van der Waals surface area contributed by atoms with Gasteiger partial charge in [0.1, 0.15) is 11.9 Å². The fourth-order valence-electron chi connectivity index (χ4n) is 4.04. The molecule has 1 aliphatic carbocycles. The second-order valence-corrected chi connectivity index (χ2v) is 7.38. The van der Waals surface area contributed by atoms with Gasteiger partial charge in [-0.05, 0) is 36.1 Å². The van der Waals surface area contributed by atoms with Crippen LogP contribution >= 0.6 is 0 Å². The molecule has 4 atom stereocenters. The van der Waals surface area contributed by atoms with Gasteiger partial charge in [0.05, 0.1) is 17.8 Å². The third-order valence-electron chi connectivity index (χ3n) is 5.56. The molecule has 5 rings (SSSR count). The molecule has 4 aromatic rings. The molecule has 28 heavy (non-hydrogen) atoms. The molecule has 1 aliphatic rings. The van der Waals surface area contributed by atoms with Crippen molar-refractivity contribution in [2.45, 2.75) is 24.7 Å². The second-order valence-electron chi connectivity index (χ2n) is 7.38. The lowest BCUT2D eigenvalue weighted by Crippen LogP contribution is -2.35. The summed E-state index contributed by atoms with van der Waals surface area (Å²) in [6.07, 6.45) is 0.618. The van der Waals surface area contributed by atoms with Crippen molar-refractivity contribution in [2.75, 3.05) is 5.32 Å². The molecule has 6 nitrogen and oxygen atoms in total. The van der Waals surface area contributed by atoms with E-state index < -0.39 is 12.2 Å². The smallest absolute Gasteiger partial charge is 0.157 e. The van der Waals surface area contributed by atoms with Gasteiger partial charge in [0, 0.05) is 17.8 Å². The predicted molar refractivity (Wildman–Crippen MR) is 109 cm³/mol. The zero-order valence-electron chi connectivity index (χ0n) is 15.2. The minimum absolute atomic E-state index is 0.200. The quantitative estimate of drug-likeness (QED) is 0.514. The molecule has 0 spiro atoms. The van der Waals surface area contributed by atoms with E-state index in [2.05, 4.69) is 41.5 Å². The molecule has 0 amide bonds. The van der Waals surface area contributed by atoms with Gasteiger partial charge in [-0.2, -0.15) is 9.61 Å². The highest BCUT2D eigenvalue weighted by Crippen LogP contribution is 2.31. The van der Waals surface area contributed by atoms with Crippen molar-refractivity contribution >= 4 is 22.2 Å². The Hall–Kier alpha value is -2.96. The summed E-state index contributed by atoms with van der Waals surface area (Å²) < 4.78 is 1.74. The average Bonchev–Trinajstić information content (AvgIpc) is 3.25. The van der Waals surface area contributed by atoms with Gasteiger partial charge in [-0.25, -0.2) is 4.98 Å².